The molecule has 0 unspecified atom stereocenters. The quantitative estimate of drug-likeness (QED) is 0.283. The van der Waals surface area contributed by atoms with Gasteiger partial charge in [0.2, 0.25) is 5.83 Å². The Morgan fingerprint density at radius 2 is 1.62 bits per heavy atom. The van der Waals surface area contributed by atoms with Crippen molar-refractivity contribution in [2.45, 2.75) is 33.9 Å². The third kappa shape index (κ3) is 4.65. The highest BCUT2D eigenvalue weighted by Gasteiger charge is 2.62. The van der Waals surface area contributed by atoms with E-state index in [0.29, 0.717) is 6.08 Å². The van der Waals surface area contributed by atoms with Crippen LogP contribution in [-0.2, 0) is 28.7 Å². The van der Waals surface area contributed by atoms with E-state index in [9.17, 15) is 36.7 Å². The second kappa shape index (κ2) is 7.60. The van der Waals surface area contributed by atoms with E-state index in [1.807, 2.05) is 0 Å². The SMILES string of the molecule is CC1=C(C)C(=O)N(COC(=O)[C@@H]2[C@H](C=C(F)C(=O)OCC(F)(F)F)C2(C)C)C1=O. The van der Waals surface area contributed by atoms with Crippen molar-refractivity contribution in [1.29, 1.82) is 0 Å². The Bertz CT molecular complexity index is 803. The fraction of sp³-hybridized carbons (Fsp3) is 0.556. The van der Waals surface area contributed by atoms with E-state index in [-0.39, 0.29) is 11.1 Å². The van der Waals surface area contributed by atoms with Crippen molar-refractivity contribution in [2.24, 2.45) is 17.3 Å². The molecule has 1 heterocycles. The van der Waals surface area contributed by atoms with Gasteiger partial charge in [0, 0.05) is 11.1 Å². The van der Waals surface area contributed by atoms with E-state index in [0.717, 1.165) is 4.90 Å². The van der Waals surface area contributed by atoms with Crippen LogP contribution < -0.4 is 0 Å². The zero-order valence-electron chi connectivity index (χ0n) is 16.1. The molecule has 160 valence electrons. The standard InChI is InChI=1S/C18H19F4NO6/c1-8-9(2)14(25)23(13(8)24)7-29-16(27)12-10(17(12,3)4)5-11(19)15(26)28-6-18(20,21)22/h5,10,12H,6-7H2,1-4H3/t10-,12-/m0/s1. The first-order chi connectivity index (χ1) is 13.2. The van der Waals surface area contributed by atoms with Crippen LogP contribution in [0.3, 0.4) is 0 Å². The number of allylic oxidation sites excluding steroid dienone is 1. The number of imide groups is 1. The van der Waals surface area contributed by atoms with Crippen molar-refractivity contribution in [3.8, 4) is 0 Å². The highest BCUT2D eigenvalue weighted by atomic mass is 19.4. The zero-order valence-corrected chi connectivity index (χ0v) is 16.1. The topological polar surface area (TPSA) is 90.0 Å². The summed E-state index contributed by atoms with van der Waals surface area (Å²) in [5.41, 5.74) is -0.377. The number of halogens is 4. The van der Waals surface area contributed by atoms with Gasteiger partial charge in [-0.3, -0.25) is 14.4 Å². The Morgan fingerprint density at radius 3 is 2.10 bits per heavy atom. The molecular weight excluding hydrogens is 402 g/mol. The number of alkyl halides is 3. The molecule has 0 aromatic rings. The van der Waals surface area contributed by atoms with Crippen molar-refractivity contribution in [1.82, 2.24) is 4.90 Å². The predicted octanol–water partition coefficient (Wildman–Crippen LogP) is 2.42. The molecule has 0 bridgehead atoms. The van der Waals surface area contributed by atoms with Crippen LogP contribution in [0.5, 0.6) is 0 Å². The molecule has 0 aromatic carbocycles. The number of esters is 2. The fourth-order valence-electron chi connectivity index (χ4n) is 3.03. The monoisotopic (exact) mass is 421 g/mol. The van der Waals surface area contributed by atoms with Crippen LogP contribution in [0.15, 0.2) is 23.0 Å². The fourth-order valence-corrected chi connectivity index (χ4v) is 3.03. The molecule has 2 amide bonds. The molecule has 0 spiro atoms. The van der Waals surface area contributed by atoms with Gasteiger partial charge in [-0.05, 0) is 31.3 Å². The summed E-state index contributed by atoms with van der Waals surface area (Å²) in [6, 6.07) is 0. The van der Waals surface area contributed by atoms with Crippen molar-refractivity contribution >= 4 is 23.8 Å². The molecule has 11 heteroatoms. The average molecular weight is 421 g/mol. The lowest BCUT2D eigenvalue weighted by Gasteiger charge is -2.15. The Balaban J connectivity index is 1.96. The van der Waals surface area contributed by atoms with Gasteiger partial charge in [0.05, 0.1) is 5.92 Å². The first kappa shape index (κ1) is 22.6. The summed E-state index contributed by atoms with van der Waals surface area (Å²) < 4.78 is 58.7. The highest BCUT2D eigenvalue weighted by molar-refractivity contribution is 6.18. The molecule has 0 radical (unpaired) electrons. The van der Waals surface area contributed by atoms with Crippen LogP contribution in [0.1, 0.15) is 27.7 Å². The summed E-state index contributed by atoms with van der Waals surface area (Å²) in [7, 11) is 0. The lowest BCUT2D eigenvalue weighted by molar-refractivity contribution is -0.184. The summed E-state index contributed by atoms with van der Waals surface area (Å²) in [6.45, 7) is 3.50. The Hall–Kier alpha value is -2.72. The molecule has 2 rings (SSSR count). The molecule has 1 aliphatic carbocycles. The molecule has 1 aliphatic heterocycles. The van der Waals surface area contributed by atoms with Gasteiger partial charge in [-0.2, -0.15) is 17.6 Å². The molecular formula is C18H19F4NO6. The second-order valence-corrected chi connectivity index (χ2v) is 7.41. The van der Waals surface area contributed by atoms with Crippen LogP contribution in [0, 0.1) is 17.3 Å². The number of amides is 2. The largest absolute Gasteiger partial charge is 0.451 e. The van der Waals surface area contributed by atoms with Crippen molar-refractivity contribution in [3.05, 3.63) is 23.0 Å². The smallest absolute Gasteiger partial charge is 0.422 e. The molecule has 0 aromatic heterocycles. The minimum Gasteiger partial charge on any atom is -0.451 e. The minimum absolute atomic E-state index is 0.234. The Labute approximate surface area is 163 Å². The average Bonchev–Trinajstić information content (AvgIpc) is 3.10. The van der Waals surface area contributed by atoms with Crippen LogP contribution in [0.2, 0.25) is 0 Å². The zero-order chi connectivity index (χ0) is 22.3. The molecule has 0 saturated heterocycles. The van der Waals surface area contributed by atoms with E-state index < -0.39 is 66.3 Å². The maximum atomic E-state index is 13.8. The van der Waals surface area contributed by atoms with Gasteiger partial charge in [0.25, 0.3) is 11.8 Å². The highest BCUT2D eigenvalue weighted by Crippen LogP contribution is 2.60. The van der Waals surface area contributed by atoms with E-state index >= 15 is 0 Å². The Morgan fingerprint density at radius 1 is 1.10 bits per heavy atom. The lowest BCUT2D eigenvalue weighted by atomic mass is 10.1. The number of nitrogens with zero attached hydrogens (tertiary/aromatic N) is 1. The first-order valence-corrected chi connectivity index (χ1v) is 8.50. The van der Waals surface area contributed by atoms with Crippen LogP contribution in [0.4, 0.5) is 17.6 Å². The van der Waals surface area contributed by atoms with Gasteiger partial charge < -0.3 is 9.47 Å². The van der Waals surface area contributed by atoms with E-state index in [1.54, 1.807) is 13.8 Å². The van der Waals surface area contributed by atoms with Gasteiger partial charge in [-0.1, -0.05) is 13.8 Å². The van der Waals surface area contributed by atoms with Gasteiger partial charge >= 0.3 is 18.1 Å². The summed E-state index contributed by atoms with van der Waals surface area (Å²) in [4.78, 5) is 48.2. The predicted molar refractivity (Wildman–Crippen MR) is 88.2 cm³/mol. The van der Waals surface area contributed by atoms with E-state index in [1.165, 1.54) is 13.8 Å². The molecule has 1 saturated carbocycles. The van der Waals surface area contributed by atoms with Gasteiger partial charge in [0.15, 0.2) is 13.3 Å². The molecule has 1 fully saturated rings. The summed E-state index contributed by atoms with van der Waals surface area (Å²) in [6.07, 6.45) is -4.08. The molecule has 2 aliphatic rings. The van der Waals surface area contributed by atoms with Gasteiger partial charge in [0.1, 0.15) is 0 Å². The summed E-state index contributed by atoms with van der Waals surface area (Å²) >= 11 is 0. The van der Waals surface area contributed by atoms with Crippen molar-refractivity contribution in [2.75, 3.05) is 13.3 Å². The normalized spacial score (nSPS) is 24.1. The lowest BCUT2D eigenvalue weighted by Crippen LogP contribution is -2.35. The molecule has 29 heavy (non-hydrogen) atoms. The first-order valence-electron chi connectivity index (χ1n) is 8.50. The summed E-state index contributed by atoms with van der Waals surface area (Å²) in [5.74, 6) is -7.11. The number of carbonyl (C=O) groups excluding carboxylic acids is 4. The molecule has 7 nitrogen and oxygen atoms in total. The van der Waals surface area contributed by atoms with Crippen molar-refractivity contribution in [3.63, 3.8) is 0 Å². The third-order valence-electron chi connectivity index (χ3n) is 5.08. The number of rotatable bonds is 6. The summed E-state index contributed by atoms with van der Waals surface area (Å²) in [5, 5.41) is 0. The van der Waals surface area contributed by atoms with Crippen LogP contribution in [0.25, 0.3) is 0 Å². The number of ether oxygens (including phenoxy) is 2. The molecule has 2 atom stereocenters. The number of hydrogen-bond donors (Lipinski definition) is 0. The van der Waals surface area contributed by atoms with Gasteiger partial charge in [-0.25, -0.2) is 9.69 Å². The van der Waals surface area contributed by atoms with E-state index in [2.05, 4.69) is 4.74 Å². The Kier molecular flexibility index (Phi) is 5.91. The second-order valence-electron chi connectivity index (χ2n) is 7.41. The molecule has 0 N–H and O–H groups in total. The number of carbonyl (C=O) groups is 4. The van der Waals surface area contributed by atoms with Crippen LogP contribution >= 0.6 is 0 Å². The maximum absolute atomic E-state index is 13.8. The minimum atomic E-state index is -4.79. The third-order valence-corrected chi connectivity index (χ3v) is 5.08. The van der Waals surface area contributed by atoms with Crippen LogP contribution in [-0.4, -0.2) is 48.2 Å². The maximum Gasteiger partial charge on any atom is 0.422 e. The van der Waals surface area contributed by atoms with Gasteiger partial charge in [-0.15, -0.1) is 0 Å². The van der Waals surface area contributed by atoms with Crippen molar-refractivity contribution < 1.29 is 46.2 Å². The number of hydrogen-bond acceptors (Lipinski definition) is 6. The van der Waals surface area contributed by atoms with E-state index in [4.69, 9.17) is 4.74 Å².